The molecule has 6 heteroatoms. The van der Waals surface area contributed by atoms with Crippen molar-refractivity contribution >= 4 is 27.5 Å². The highest BCUT2D eigenvalue weighted by Gasteiger charge is 2.28. The van der Waals surface area contributed by atoms with Crippen LogP contribution < -0.4 is 0 Å². The van der Waals surface area contributed by atoms with Crippen molar-refractivity contribution in [1.29, 1.82) is 0 Å². The number of nitro benzene ring substituents is 1. The number of benzene rings is 1. The van der Waals surface area contributed by atoms with Crippen LogP contribution in [0, 0.1) is 23.0 Å². The van der Waals surface area contributed by atoms with Crippen molar-refractivity contribution in [3.63, 3.8) is 0 Å². The average Bonchev–Trinajstić information content (AvgIpc) is 2.87. The second kappa shape index (κ2) is 6.35. The topological polar surface area (TPSA) is 63.5 Å². The summed E-state index contributed by atoms with van der Waals surface area (Å²) in [5, 5.41) is 11.8. The number of hydrogen-bond acceptors (Lipinski definition) is 3. The first kappa shape index (κ1) is 15.0. The van der Waals surface area contributed by atoms with Crippen molar-refractivity contribution in [2.75, 3.05) is 18.4 Å². The Morgan fingerprint density at radius 3 is 2.95 bits per heavy atom. The number of carbonyl (C=O) groups is 1. The molecular formula is C14H17BrN2O3. The van der Waals surface area contributed by atoms with Gasteiger partial charge in [0, 0.05) is 36.1 Å². The lowest BCUT2D eigenvalue weighted by Crippen LogP contribution is -2.29. The summed E-state index contributed by atoms with van der Waals surface area (Å²) in [6, 6.07) is 4.45. The highest BCUT2D eigenvalue weighted by Crippen LogP contribution is 2.24. The van der Waals surface area contributed by atoms with Gasteiger partial charge in [-0.05, 0) is 31.2 Å². The summed E-state index contributed by atoms with van der Waals surface area (Å²) in [4.78, 5) is 24.6. The van der Waals surface area contributed by atoms with Crippen LogP contribution in [0.15, 0.2) is 18.2 Å². The van der Waals surface area contributed by atoms with Crippen molar-refractivity contribution < 1.29 is 9.72 Å². The third-order valence-corrected chi connectivity index (χ3v) is 4.21. The third-order valence-electron chi connectivity index (χ3n) is 3.75. The van der Waals surface area contributed by atoms with Crippen LogP contribution >= 0.6 is 15.9 Å². The van der Waals surface area contributed by atoms with Gasteiger partial charge in [-0.1, -0.05) is 22.0 Å². The van der Waals surface area contributed by atoms with E-state index in [1.807, 2.05) is 6.92 Å². The molecule has 20 heavy (non-hydrogen) atoms. The molecule has 1 aliphatic rings. The van der Waals surface area contributed by atoms with E-state index in [0.29, 0.717) is 11.5 Å². The first-order valence-electron chi connectivity index (χ1n) is 6.63. The molecular weight excluding hydrogens is 324 g/mol. The van der Waals surface area contributed by atoms with E-state index < -0.39 is 4.92 Å². The van der Waals surface area contributed by atoms with Gasteiger partial charge in [0.25, 0.3) is 11.6 Å². The number of nitro groups is 1. The smallest absolute Gasteiger partial charge is 0.270 e. The summed E-state index contributed by atoms with van der Waals surface area (Å²) in [5.74, 6) is 0.431. The molecule has 1 aliphatic heterocycles. The van der Waals surface area contributed by atoms with Crippen molar-refractivity contribution in [1.82, 2.24) is 4.90 Å². The minimum atomic E-state index is -0.464. The fourth-order valence-electron chi connectivity index (χ4n) is 2.53. The molecule has 1 aromatic carbocycles. The van der Waals surface area contributed by atoms with Gasteiger partial charge in [0.1, 0.15) is 0 Å². The molecule has 1 heterocycles. The number of carbonyl (C=O) groups excluding carboxylic acids is 1. The van der Waals surface area contributed by atoms with Gasteiger partial charge >= 0.3 is 0 Å². The lowest BCUT2D eigenvalue weighted by molar-refractivity contribution is -0.384. The number of rotatable bonds is 4. The third kappa shape index (κ3) is 3.17. The molecule has 0 saturated carbocycles. The van der Waals surface area contributed by atoms with Gasteiger partial charge in [-0.3, -0.25) is 14.9 Å². The number of non-ortho nitro benzene ring substituents is 1. The number of hydrogen-bond donors (Lipinski definition) is 0. The van der Waals surface area contributed by atoms with Crippen LogP contribution in [-0.4, -0.2) is 34.2 Å². The molecule has 1 amide bonds. The van der Waals surface area contributed by atoms with Gasteiger partial charge in [-0.25, -0.2) is 0 Å². The number of halogens is 1. The van der Waals surface area contributed by atoms with Crippen molar-refractivity contribution in [2.24, 2.45) is 5.92 Å². The maximum Gasteiger partial charge on any atom is 0.270 e. The predicted octanol–water partition coefficient (Wildman–Crippen LogP) is 3.15. The van der Waals surface area contributed by atoms with Crippen molar-refractivity contribution in [3.05, 3.63) is 39.4 Å². The monoisotopic (exact) mass is 340 g/mol. The molecule has 1 aromatic rings. The highest BCUT2D eigenvalue weighted by molar-refractivity contribution is 9.09. The van der Waals surface area contributed by atoms with Crippen molar-refractivity contribution in [3.8, 4) is 0 Å². The van der Waals surface area contributed by atoms with Gasteiger partial charge in [0.15, 0.2) is 0 Å². The van der Waals surface area contributed by atoms with E-state index in [1.165, 1.54) is 12.1 Å². The quantitative estimate of drug-likeness (QED) is 0.480. The SMILES string of the molecule is Cc1ccc([N+](=O)[O-])cc1C(=O)N1CCC(CCBr)C1. The Labute approximate surface area is 126 Å². The van der Waals surface area contributed by atoms with Crippen LogP contribution in [0.25, 0.3) is 0 Å². The summed E-state index contributed by atoms with van der Waals surface area (Å²) >= 11 is 3.42. The van der Waals surface area contributed by atoms with E-state index >= 15 is 0 Å². The fourth-order valence-corrected chi connectivity index (χ4v) is 3.18. The van der Waals surface area contributed by atoms with E-state index in [9.17, 15) is 14.9 Å². The molecule has 1 atom stereocenters. The van der Waals surface area contributed by atoms with E-state index in [1.54, 1.807) is 11.0 Å². The summed E-state index contributed by atoms with van der Waals surface area (Å²) in [6.07, 6.45) is 2.06. The Kier molecular flexibility index (Phi) is 4.75. The van der Waals surface area contributed by atoms with E-state index in [-0.39, 0.29) is 11.6 Å². The minimum absolute atomic E-state index is 0.0323. The standard InChI is InChI=1S/C14H17BrN2O3/c1-10-2-3-12(17(19)20)8-13(10)14(18)16-7-5-11(9-16)4-6-15/h2-3,8,11H,4-7,9H2,1H3. The van der Waals surface area contributed by atoms with Crippen LogP contribution in [0.2, 0.25) is 0 Å². The number of likely N-dealkylation sites (tertiary alicyclic amines) is 1. The Hall–Kier alpha value is -1.43. The molecule has 0 N–H and O–H groups in total. The van der Waals surface area contributed by atoms with E-state index in [4.69, 9.17) is 0 Å². The first-order valence-corrected chi connectivity index (χ1v) is 7.75. The normalized spacial score (nSPS) is 18.3. The second-order valence-corrected chi connectivity index (χ2v) is 5.93. The molecule has 5 nitrogen and oxygen atoms in total. The largest absolute Gasteiger partial charge is 0.338 e. The van der Waals surface area contributed by atoms with Crippen LogP contribution in [0.5, 0.6) is 0 Å². The maximum absolute atomic E-state index is 12.5. The molecule has 2 rings (SSSR count). The number of alkyl halides is 1. The molecule has 1 fully saturated rings. The Morgan fingerprint density at radius 1 is 1.55 bits per heavy atom. The van der Waals surface area contributed by atoms with Crippen LogP contribution in [-0.2, 0) is 0 Å². The number of amides is 1. The molecule has 0 bridgehead atoms. The molecule has 0 radical (unpaired) electrons. The number of nitrogens with zero attached hydrogens (tertiary/aromatic N) is 2. The second-order valence-electron chi connectivity index (χ2n) is 5.14. The van der Waals surface area contributed by atoms with Crippen LogP contribution in [0.4, 0.5) is 5.69 Å². The van der Waals surface area contributed by atoms with Gasteiger partial charge in [0.05, 0.1) is 4.92 Å². The van der Waals surface area contributed by atoms with E-state index in [2.05, 4.69) is 15.9 Å². The summed E-state index contributed by atoms with van der Waals surface area (Å²) < 4.78 is 0. The van der Waals surface area contributed by atoms with Gasteiger partial charge in [-0.2, -0.15) is 0 Å². The molecule has 1 unspecified atom stereocenters. The molecule has 0 spiro atoms. The van der Waals surface area contributed by atoms with E-state index in [0.717, 1.165) is 36.8 Å². The molecule has 0 aromatic heterocycles. The van der Waals surface area contributed by atoms with Gasteiger partial charge in [-0.15, -0.1) is 0 Å². The molecule has 1 saturated heterocycles. The average molecular weight is 341 g/mol. The zero-order chi connectivity index (χ0) is 14.7. The Bertz CT molecular complexity index is 533. The van der Waals surface area contributed by atoms with Gasteiger partial charge < -0.3 is 4.90 Å². The first-order chi connectivity index (χ1) is 9.52. The summed E-state index contributed by atoms with van der Waals surface area (Å²) in [6.45, 7) is 3.29. The maximum atomic E-state index is 12.5. The zero-order valence-electron chi connectivity index (χ0n) is 11.3. The molecule has 0 aliphatic carbocycles. The zero-order valence-corrected chi connectivity index (χ0v) is 12.9. The van der Waals surface area contributed by atoms with Crippen LogP contribution in [0.3, 0.4) is 0 Å². The summed E-state index contributed by atoms with van der Waals surface area (Å²) in [5.41, 5.74) is 1.19. The van der Waals surface area contributed by atoms with Crippen molar-refractivity contribution in [2.45, 2.75) is 19.8 Å². The fraction of sp³-hybridized carbons (Fsp3) is 0.500. The summed E-state index contributed by atoms with van der Waals surface area (Å²) in [7, 11) is 0. The lowest BCUT2D eigenvalue weighted by Gasteiger charge is -2.17. The lowest BCUT2D eigenvalue weighted by atomic mass is 10.1. The minimum Gasteiger partial charge on any atom is -0.338 e. The highest BCUT2D eigenvalue weighted by atomic mass is 79.9. The van der Waals surface area contributed by atoms with Gasteiger partial charge in [0.2, 0.25) is 0 Å². The predicted molar refractivity (Wildman–Crippen MR) is 80.3 cm³/mol. The Morgan fingerprint density at radius 2 is 2.30 bits per heavy atom. The Balaban J connectivity index is 2.17. The number of aryl methyl sites for hydroxylation is 1. The molecule has 108 valence electrons. The van der Waals surface area contributed by atoms with Crippen LogP contribution in [0.1, 0.15) is 28.8 Å².